The molecular weight excluding hydrogens is 414 g/mol. The molecule has 0 saturated carbocycles. The summed E-state index contributed by atoms with van der Waals surface area (Å²) in [4.78, 5) is 4.94. The third kappa shape index (κ3) is 6.38. The molecule has 1 aromatic heterocycles. The number of ether oxygens (including phenoxy) is 2. The Morgan fingerprint density at radius 2 is 1.74 bits per heavy atom. The zero-order chi connectivity index (χ0) is 22.1. The van der Waals surface area contributed by atoms with Crippen LogP contribution in [-0.4, -0.2) is 61.8 Å². The monoisotopic (exact) mass is 449 g/mol. The molecular formula is C23H35N3O4S. The van der Waals surface area contributed by atoms with Crippen LogP contribution in [0.2, 0.25) is 0 Å². The zero-order valence-electron chi connectivity index (χ0n) is 18.7. The molecule has 31 heavy (non-hydrogen) atoms. The van der Waals surface area contributed by atoms with Crippen LogP contribution in [0.1, 0.15) is 50.4 Å². The first-order valence-corrected chi connectivity index (χ1v) is 12.8. The summed E-state index contributed by atoms with van der Waals surface area (Å²) in [6.45, 7) is 8.38. The Labute approximate surface area is 186 Å². The Balaban J connectivity index is 1.53. The maximum atomic E-state index is 13.0. The van der Waals surface area contributed by atoms with Crippen molar-refractivity contribution in [2.24, 2.45) is 0 Å². The number of imidazole rings is 1. The first-order valence-electron chi connectivity index (χ1n) is 11.3. The van der Waals surface area contributed by atoms with E-state index in [2.05, 4.69) is 16.5 Å². The second-order valence-corrected chi connectivity index (χ2v) is 9.80. The Morgan fingerprint density at radius 3 is 2.42 bits per heavy atom. The SMILES string of the molecule is CCCc1ccc(S(=O)(=O)N2CCC(c3nccn3CCOCCOCC)CC2)cc1. The van der Waals surface area contributed by atoms with Gasteiger partial charge >= 0.3 is 0 Å². The van der Waals surface area contributed by atoms with E-state index < -0.39 is 10.0 Å². The van der Waals surface area contributed by atoms with Crippen molar-refractivity contribution in [1.29, 1.82) is 0 Å². The van der Waals surface area contributed by atoms with Crippen LogP contribution in [0.3, 0.4) is 0 Å². The molecule has 1 aliphatic heterocycles. The van der Waals surface area contributed by atoms with Gasteiger partial charge in [0.05, 0.1) is 24.7 Å². The van der Waals surface area contributed by atoms with E-state index in [9.17, 15) is 8.42 Å². The normalized spacial score (nSPS) is 16.1. The number of hydrogen-bond donors (Lipinski definition) is 0. The molecule has 0 amide bonds. The van der Waals surface area contributed by atoms with Crippen molar-refractivity contribution in [3.63, 3.8) is 0 Å². The van der Waals surface area contributed by atoms with Gasteiger partial charge in [-0.25, -0.2) is 13.4 Å². The number of nitrogens with zero attached hydrogens (tertiary/aromatic N) is 3. The summed E-state index contributed by atoms with van der Waals surface area (Å²) in [6.07, 6.45) is 7.36. The van der Waals surface area contributed by atoms with E-state index >= 15 is 0 Å². The van der Waals surface area contributed by atoms with Gasteiger partial charge < -0.3 is 14.0 Å². The predicted octanol–water partition coefficient (Wildman–Crippen LogP) is 3.46. The van der Waals surface area contributed by atoms with Crippen molar-refractivity contribution < 1.29 is 17.9 Å². The van der Waals surface area contributed by atoms with Crippen molar-refractivity contribution in [2.75, 3.05) is 39.5 Å². The van der Waals surface area contributed by atoms with Crippen molar-refractivity contribution in [2.45, 2.75) is 56.9 Å². The molecule has 1 aliphatic rings. The van der Waals surface area contributed by atoms with Gasteiger partial charge in [-0.3, -0.25) is 0 Å². The maximum absolute atomic E-state index is 13.0. The van der Waals surface area contributed by atoms with Crippen molar-refractivity contribution in [3.05, 3.63) is 48.0 Å². The number of rotatable bonds is 12. The van der Waals surface area contributed by atoms with Gasteiger partial charge in [0.1, 0.15) is 5.82 Å². The molecule has 7 nitrogen and oxygen atoms in total. The van der Waals surface area contributed by atoms with E-state index in [1.165, 1.54) is 5.56 Å². The van der Waals surface area contributed by atoms with Gasteiger partial charge in [0.2, 0.25) is 10.0 Å². The molecule has 0 atom stereocenters. The summed E-state index contributed by atoms with van der Waals surface area (Å²) >= 11 is 0. The fraction of sp³-hybridized carbons (Fsp3) is 0.609. The smallest absolute Gasteiger partial charge is 0.243 e. The van der Waals surface area contributed by atoms with Crippen LogP contribution >= 0.6 is 0 Å². The topological polar surface area (TPSA) is 73.7 Å². The van der Waals surface area contributed by atoms with Gasteiger partial charge in [-0.15, -0.1) is 0 Å². The second-order valence-electron chi connectivity index (χ2n) is 7.86. The lowest BCUT2D eigenvalue weighted by molar-refractivity contribution is 0.0493. The van der Waals surface area contributed by atoms with E-state index in [0.29, 0.717) is 44.4 Å². The van der Waals surface area contributed by atoms with Gasteiger partial charge in [0, 0.05) is 44.6 Å². The molecule has 0 spiro atoms. The maximum Gasteiger partial charge on any atom is 0.243 e. The number of aromatic nitrogens is 2. The van der Waals surface area contributed by atoms with E-state index in [4.69, 9.17) is 9.47 Å². The minimum absolute atomic E-state index is 0.261. The minimum Gasteiger partial charge on any atom is -0.379 e. The van der Waals surface area contributed by atoms with Crippen LogP contribution in [0, 0.1) is 0 Å². The lowest BCUT2D eigenvalue weighted by Gasteiger charge is -2.31. The highest BCUT2D eigenvalue weighted by molar-refractivity contribution is 7.89. The first-order chi connectivity index (χ1) is 15.1. The molecule has 8 heteroatoms. The molecule has 2 heterocycles. The molecule has 0 unspecified atom stereocenters. The van der Waals surface area contributed by atoms with E-state index in [-0.39, 0.29) is 5.92 Å². The van der Waals surface area contributed by atoms with Gasteiger partial charge in [0.15, 0.2) is 0 Å². The fourth-order valence-corrected chi connectivity index (χ4v) is 5.49. The Kier molecular flexibility index (Phi) is 9.07. The van der Waals surface area contributed by atoms with Crippen molar-refractivity contribution in [3.8, 4) is 0 Å². The first kappa shape index (κ1) is 23.9. The highest BCUT2D eigenvalue weighted by Crippen LogP contribution is 2.30. The van der Waals surface area contributed by atoms with Crippen LogP contribution in [0.5, 0.6) is 0 Å². The Bertz CT molecular complexity index is 888. The van der Waals surface area contributed by atoms with Crippen LogP contribution in [-0.2, 0) is 32.5 Å². The minimum atomic E-state index is -3.45. The third-order valence-electron chi connectivity index (χ3n) is 5.72. The van der Waals surface area contributed by atoms with Gasteiger partial charge in [-0.2, -0.15) is 4.31 Å². The number of aryl methyl sites for hydroxylation is 1. The predicted molar refractivity (Wildman–Crippen MR) is 121 cm³/mol. The fourth-order valence-electron chi connectivity index (χ4n) is 4.02. The van der Waals surface area contributed by atoms with Crippen LogP contribution < -0.4 is 0 Å². The zero-order valence-corrected chi connectivity index (χ0v) is 19.5. The summed E-state index contributed by atoms with van der Waals surface area (Å²) < 4.78 is 40.7. The van der Waals surface area contributed by atoms with E-state index in [0.717, 1.165) is 38.1 Å². The Morgan fingerprint density at radius 1 is 1.03 bits per heavy atom. The molecule has 2 aromatic rings. The summed E-state index contributed by atoms with van der Waals surface area (Å²) in [5, 5.41) is 0. The number of benzene rings is 1. The Hall–Kier alpha value is -1.74. The quantitative estimate of drug-likeness (QED) is 0.464. The molecule has 1 fully saturated rings. The van der Waals surface area contributed by atoms with Gasteiger partial charge in [-0.1, -0.05) is 25.5 Å². The number of piperidine rings is 1. The highest BCUT2D eigenvalue weighted by Gasteiger charge is 2.31. The summed E-state index contributed by atoms with van der Waals surface area (Å²) in [5.74, 6) is 1.28. The molecule has 0 aliphatic carbocycles. The lowest BCUT2D eigenvalue weighted by atomic mass is 9.97. The third-order valence-corrected chi connectivity index (χ3v) is 7.63. The average Bonchev–Trinajstić information content (AvgIpc) is 3.25. The number of sulfonamides is 1. The van der Waals surface area contributed by atoms with Crippen LogP contribution in [0.15, 0.2) is 41.6 Å². The molecule has 1 aromatic carbocycles. The standard InChI is InChI=1S/C23H35N3O4S/c1-3-5-20-6-8-22(9-7-20)31(27,28)26-13-10-21(11-14-26)23-24-12-15-25(23)16-17-30-19-18-29-4-2/h6-9,12,15,21H,3-5,10-11,13-14,16-19H2,1-2H3. The average molecular weight is 450 g/mol. The molecule has 3 rings (SSSR count). The lowest BCUT2D eigenvalue weighted by Crippen LogP contribution is -2.38. The summed E-state index contributed by atoms with van der Waals surface area (Å²) in [5.41, 5.74) is 1.17. The molecule has 0 bridgehead atoms. The van der Waals surface area contributed by atoms with E-state index in [1.807, 2.05) is 31.5 Å². The second kappa shape index (κ2) is 11.8. The molecule has 1 saturated heterocycles. The molecule has 172 valence electrons. The van der Waals surface area contributed by atoms with Crippen molar-refractivity contribution >= 4 is 10.0 Å². The highest BCUT2D eigenvalue weighted by atomic mass is 32.2. The molecule has 0 N–H and O–H groups in total. The summed E-state index contributed by atoms with van der Waals surface area (Å²) in [6, 6.07) is 7.34. The molecule has 0 radical (unpaired) electrons. The number of hydrogen-bond acceptors (Lipinski definition) is 5. The van der Waals surface area contributed by atoms with Crippen molar-refractivity contribution in [1.82, 2.24) is 13.9 Å². The van der Waals surface area contributed by atoms with Crippen LogP contribution in [0.4, 0.5) is 0 Å². The van der Waals surface area contributed by atoms with Crippen LogP contribution in [0.25, 0.3) is 0 Å². The summed E-state index contributed by atoms with van der Waals surface area (Å²) in [7, 11) is -3.45. The van der Waals surface area contributed by atoms with Gasteiger partial charge in [-0.05, 0) is 43.9 Å². The van der Waals surface area contributed by atoms with Gasteiger partial charge in [0.25, 0.3) is 0 Å². The van der Waals surface area contributed by atoms with E-state index in [1.54, 1.807) is 16.4 Å². The largest absolute Gasteiger partial charge is 0.379 e.